The summed E-state index contributed by atoms with van der Waals surface area (Å²) in [6.07, 6.45) is 2.59. The lowest BCUT2D eigenvalue weighted by Crippen LogP contribution is -2.27. The van der Waals surface area contributed by atoms with E-state index in [0.29, 0.717) is 27.2 Å². The predicted octanol–water partition coefficient (Wildman–Crippen LogP) is 3.42. The number of halogens is 1. The number of hydrogen-bond donors (Lipinski definition) is 2. The number of thiophene rings is 1. The molecule has 0 saturated heterocycles. The Morgan fingerprint density at radius 3 is 2.88 bits per heavy atom. The van der Waals surface area contributed by atoms with E-state index in [4.69, 9.17) is 11.6 Å². The third-order valence-electron chi connectivity index (χ3n) is 5.90. The monoisotopic (exact) mass is 503 g/mol. The molecule has 0 spiro atoms. The van der Waals surface area contributed by atoms with Crippen molar-refractivity contribution in [3.8, 4) is 10.6 Å². The van der Waals surface area contributed by atoms with Gasteiger partial charge in [-0.2, -0.15) is 0 Å². The Kier molecular flexibility index (Phi) is 5.64. The van der Waals surface area contributed by atoms with Crippen molar-refractivity contribution in [3.05, 3.63) is 51.0 Å². The molecule has 1 aromatic carbocycles. The number of nitrogens with zero attached hydrogens (tertiary/aromatic N) is 3. The van der Waals surface area contributed by atoms with Crippen molar-refractivity contribution >= 4 is 50.3 Å². The van der Waals surface area contributed by atoms with Gasteiger partial charge in [0.1, 0.15) is 4.88 Å². The second kappa shape index (κ2) is 8.35. The number of amides is 1. The Balaban J connectivity index is 1.53. The Labute approximate surface area is 200 Å². The summed E-state index contributed by atoms with van der Waals surface area (Å²) in [6, 6.07) is 5.53. The number of carbonyl (C=O) groups is 1. The van der Waals surface area contributed by atoms with Crippen LogP contribution in [0.2, 0.25) is 5.02 Å². The Bertz CT molecular complexity index is 1390. The van der Waals surface area contributed by atoms with Gasteiger partial charge < -0.3 is 15.5 Å². The smallest absolute Gasteiger partial charge is 0.265 e. The summed E-state index contributed by atoms with van der Waals surface area (Å²) >= 11 is 7.64. The fourth-order valence-electron chi connectivity index (χ4n) is 3.98. The highest BCUT2D eigenvalue weighted by molar-refractivity contribution is 7.91. The van der Waals surface area contributed by atoms with Crippen molar-refractivity contribution in [2.75, 3.05) is 31.2 Å². The van der Waals surface area contributed by atoms with E-state index >= 15 is 0 Å². The lowest BCUT2D eigenvalue weighted by Gasteiger charge is -2.19. The third kappa shape index (κ3) is 4.12. The number of nitrogens with one attached hydrogen (secondary N) is 2. The highest BCUT2D eigenvalue weighted by Gasteiger charge is 2.32. The zero-order valence-corrected chi connectivity index (χ0v) is 20.5. The molecule has 0 radical (unpaired) electrons. The maximum atomic E-state index is 12.7. The van der Waals surface area contributed by atoms with Crippen LogP contribution in [0.3, 0.4) is 0 Å². The van der Waals surface area contributed by atoms with E-state index < -0.39 is 9.84 Å². The number of aromatic nitrogens is 2. The number of anilines is 2. The van der Waals surface area contributed by atoms with Crippen LogP contribution in [0.25, 0.3) is 10.6 Å². The fourth-order valence-corrected chi connectivity index (χ4v) is 7.30. The molecule has 5 rings (SSSR count). The second-order valence-corrected chi connectivity index (χ2v) is 11.8. The van der Waals surface area contributed by atoms with Crippen LogP contribution in [0.15, 0.2) is 29.3 Å². The van der Waals surface area contributed by atoms with Gasteiger partial charge in [0.05, 0.1) is 31.9 Å². The molecule has 0 atom stereocenters. The molecule has 0 fully saturated rings. The number of benzene rings is 1. The standard InChI is InChI=1S/C22H22ClN5O3S2/c1-12-10-25-22(26-16-8-13-3-4-24-11-14(13)7-15(16)23)27-19(12)17-9-18-20(32-17)21(29)28(2)5-6-33(18,30)31/h7-10,24H,3-6,11H2,1-2H3,(H,25,26,27). The molecule has 2 aromatic heterocycles. The van der Waals surface area contributed by atoms with Crippen molar-refractivity contribution in [2.45, 2.75) is 24.8 Å². The molecule has 172 valence electrons. The van der Waals surface area contributed by atoms with Gasteiger partial charge in [0.2, 0.25) is 5.95 Å². The number of carbonyl (C=O) groups excluding carboxylic acids is 1. The topological polar surface area (TPSA) is 104 Å². The molecule has 0 saturated carbocycles. The lowest BCUT2D eigenvalue weighted by atomic mass is 10.0. The van der Waals surface area contributed by atoms with Crippen molar-refractivity contribution in [1.82, 2.24) is 20.2 Å². The van der Waals surface area contributed by atoms with Crippen LogP contribution in [0, 0.1) is 6.92 Å². The molecule has 0 unspecified atom stereocenters. The maximum absolute atomic E-state index is 12.7. The molecular formula is C22H22ClN5O3S2. The first-order valence-electron chi connectivity index (χ1n) is 10.5. The van der Waals surface area contributed by atoms with E-state index in [1.54, 1.807) is 19.3 Å². The highest BCUT2D eigenvalue weighted by atomic mass is 35.5. The van der Waals surface area contributed by atoms with Gasteiger partial charge in [-0.15, -0.1) is 11.3 Å². The number of fused-ring (bicyclic) bond motifs is 2. The summed E-state index contributed by atoms with van der Waals surface area (Å²) in [4.78, 5) is 24.1. The van der Waals surface area contributed by atoms with Crippen LogP contribution in [-0.2, 0) is 22.8 Å². The Morgan fingerprint density at radius 1 is 1.24 bits per heavy atom. The molecule has 8 nitrogen and oxygen atoms in total. The van der Waals surface area contributed by atoms with Crippen molar-refractivity contribution in [2.24, 2.45) is 0 Å². The van der Waals surface area contributed by atoms with E-state index in [9.17, 15) is 13.2 Å². The van der Waals surface area contributed by atoms with E-state index in [1.807, 2.05) is 19.1 Å². The van der Waals surface area contributed by atoms with E-state index in [2.05, 4.69) is 20.6 Å². The first kappa shape index (κ1) is 22.3. The molecule has 3 aromatic rings. The minimum absolute atomic E-state index is 0.0794. The minimum Gasteiger partial charge on any atom is -0.340 e. The molecule has 0 bridgehead atoms. The van der Waals surface area contributed by atoms with Crippen molar-refractivity contribution < 1.29 is 13.2 Å². The van der Waals surface area contributed by atoms with Crippen molar-refractivity contribution in [3.63, 3.8) is 0 Å². The van der Waals surface area contributed by atoms with E-state index in [0.717, 1.165) is 36.4 Å². The van der Waals surface area contributed by atoms with Crippen molar-refractivity contribution in [1.29, 1.82) is 0 Å². The Morgan fingerprint density at radius 2 is 2.06 bits per heavy atom. The summed E-state index contributed by atoms with van der Waals surface area (Å²) < 4.78 is 25.5. The second-order valence-electron chi connectivity index (χ2n) is 8.23. The quantitative estimate of drug-likeness (QED) is 0.564. The number of sulfone groups is 1. The summed E-state index contributed by atoms with van der Waals surface area (Å²) in [6.45, 7) is 3.74. The number of hydrogen-bond acceptors (Lipinski definition) is 8. The van der Waals surface area contributed by atoms with Crippen LogP contribution < -0.4 is 10.6 Å². The normalized spacial score (nSPS) is 17.3. The molecular weight excluding hydrogens is 482 g/mol. The minimum atomic E-state index is -3.55. The van der Waals surface area contributed by atoms with Gasteiger partial charge in [-0.1, -0.05) is 11.6 Å². The van der Waals surface area contributed by atoms with Crippen LogP contribution in [-0.4, -0.2) is 55.1 Å². The van der Waals surface area contributed by atoms with Crippen LogP contribution in [0.5, 0.6) is 0 Å². The summed E-state index contributed by atoms with van der Waals surface area (Å²) in [5.41, 5.74) is 4.47. The SMILES string of the molecule is Cc1cnc(Nc2cc3c(cc2Cl)CNCC3)nc1-c1cc2c(s1)C(=O)N(C)CCS2(=O)=O. The van der Waals surface area contributed by atoms with E-state index in [1.165, 1.54) is 16.0 Å². The molecule has 0 aliphatic carbocycles. The molecule has 1 amide bonds. The lowest BCUT2D eigenvalue weighted by molar-refractivity contribution is 0.0807. The number of rotatable bonds is 3. The van der Waals surface area contributed by atoms with Gasteiger partial charge >= 0.3 is 0 Å². The first-order chi connectivity index (χ1) is 15.7. The van der Waals surface area contributed by atoms with Crippen LogP contribution >= 0.6 is 22.9 Å². The summed E-state index contributed by atoms with van der Waals surface area (Å²) in [5.74, 6) is -0.0376. The predicted molar refractivity (Wildman–Crippen MR) is 129 cm³/mol. The highest BCUT2D eigenvalue weighted by Crippen LogP contribution is 2.37. The molecule has 33 heavy (non-hydrogen) atoms. The first-order valence-corrected chi connectivity index (χ1v) is 13.3. The Hall–Kier alpha value is -2.53. The van der Waals surface area contributed by atoms with E-state index in [-0.39, 0.29) is 28.0 Å². The number of aryl methyl sites for hydroxylation is 1. The van der Waals surface area contributed by atoms with Crippen LogP contribution in [0.1, 0.15) is 26.4 Å². The maximum Gasteiger partial charge on any atom is 0.265 e. The molecule has 2 aliphatic heterocycles. The van der Waals surface area contributed by atoms with Gasteiger partial charge in [-0.05, 0) is 54.8 Å². The third-order valence-corrected chi connectivity index (χ3v) is 9.18. The van der Waals surface area contributed by atoms with Crippen LogP contribution in [0.4, 0.5) is 11.6 Å². The van der Waals surface area contributed by atoms with Gasteiger partial charge in [-0.3, -0.25) is 4.79 Å². The molecule has 2 aliphatic rings. The van der Waals surface area contributed by atoms with Gasteiger partial charge in [-0.25, -0.2) is 18.4 Å². The molecule has 11 heteroatoms. The van der Waals surface area contributed by atoms with Gasteiger partial charge in [0.25, 0.3) is 5.91 Å². The largest absolute Gasteiger partial charge is 0.340 e. The average molecular weight is 504 g/mol. The van der Waals surface area contributed by atoms with Gasteiger partial charge in [0, 0.05) is 26.3 Å². The zero-order valence-electron chi connectivity index (χ0n) is 18.1. The average Bonchev–Trinajstić information content (AvgIpc) is 3.22. The molecule has 2 N–H and O–H groups in total. The fraction of sp³-hybridized carbons (Fsp3) is 0.318. The summed E-state index contributed by atoms with van der Waals surface area (Å²) in [7, 11) is -1.94. The zero-order chi connectivity index (χ0) is 23.3. The van der Waals surface area contributed by atoms with Gasteiger partial charge in [0.15, 0.2) is 9.84 Å². The molecule has 4 heterocycles. The summed E-state index contributed by atoms with van der Waals surface area (Å²) in [5, 5.41) is 7.11.